The maximum absolute atomic E-state index is 11.9. The number of anilines is 2. The molecule has 3 rings (SSSR count). The molecule has 6 nitrogen and oxygen atoms in total. The summed E-state index contributed by atoms with van der Waals surface area (Å²) in [4.78, 5) is 12.5. The van der Waals surface area contributed by atoms with E-state index in [4.69, 9.17) is 5.73 Å². The molecule has 1 unspecified atom stereocenters. The van der Waals surface area contributed by atoms with Crippen LogP contribution in [0, 0.1) is 0 Å². The number of aromatic amines is 1. The van der Waals surface area contributed by atoms with Gasteiger partial charge in [0.15, 0.2) is 0 Å². The average Bonchev–Trinajstić information content (AvgIpc) is 3.04. The molecule has 0 radical (unpaired) electrons. The van der Waals surface area contributed by atoms with Crippen molar-refractivity contribution in [3.63, 3.8) is 0 Å². The number of rotatable bonds is 5. The molecule has 5 N–H and O–H groups in total. The zero-order chi connectivity index (χ0) is 15.0. The summed E-state index contributed by atoms with van der Waals surface area (Å²) in [6.07, 6.45) is 5.95. The summed E-state index contributed by atoms with van der Waals surface area (Å²) in [5.41, 5.74) is 9.02. The van der Waals surface area contributed by atoms with Gasteiger partial charge >= 0.3 is 0 Å². The van der Waals surface area contributed by atoms with Gasteiger partial charge in [0.1, 0.15) is 4.88 Å². The Hall–Kier alpha value is -2.02. The molecular formula is C14H19N5OS. The number of hydrogen-bond donors (Lipinski definition) is 4. The first kappa shape index (κ1) is 13.9. The van der Waals surface area contributed by atoms with Crippen LogP contribution in [-0.4, -0.2) is 23.2 Å². The molecule has 21 heavy (non-hydrogen) atoms. The number of hydrogen-bond acceptors (Lipinski definition) is 5. The number of carbonyl (C=O) groups is 1. The van der Waals surface area contributed by atoms with Gasteiger partial charge in [0.05, 0.1) is 22.9 Å². The Morgan fingerprint density at radius 2 is 2.33 bits per heavy atom. The summed E-state index contributed by atoms with van der Waals surface area (Å²) in [5, 5.41) is 13.9. The fourth-order valence-electron chi connectivity index (χ4n) is 2.40. The molecule has 1 atom stereocenters. The molecule has 1 aliphatic rings. The molecule has 1 amide bonds. The smallest absolute Gasteiger partial charge is 0.263 e. The molecule has 1 saturated carbocycles. The van der Waals surface area contributed by atoms with Gasteiger partial charge in [-0.1, -0.05) is 0 Å². The summed E-state index contributed by atoms with van der Waals surface area (Å²) in [7, 11) is 1.62. The number of nitrogens with two attached hydrogens (primary N) is 1. The van der Waals surface area contributed by atoms with Crippen LogP contribution in [0.2, 0.25) is 0 Å². The molecule has 2 aromatic rings. The standard InChI is InChI=1S/C14H19N5OS/c1-7(9-5-17-18-6-9)19-14-10(8-3-4-8)11(15)12(21-14)13(20)16-2/h5-8,19H,3-4,15H2,1-2H3,(H,16,20)(H,17,18). The predicted molar refractivity (Wildman–Crippen MR) is 84.7 cm³/mol. The fourth-order valence-corrected chi connectivity index (χ4v) is 3.64. The zero-order valence-electron chi connectivity index (χ0n) is 12.1. The second-order valence-electron chi connectivity index (χ2n) is 5.34. The highest BCUT2D eigenvalue weighted by Gasteiger charge is 2.33. The number of thiophene rings is 1. The lowest BCUT2D eigenvalue weighted by molar-refractivity contribution is 0.0968. The minimum Gasteiger partial charge on any atom is -0.397 e. The van der Waals surface area contributed by atoms with Gasteiger partial charge in [-0.05, 0) is 25.7 Å². The quantitative estimate of drug-likeness (QED) is 0.682. The van der Waals surface area contributed by atoms with Crippen LogP contribution in [0.25, 0.3) is 0 Å². The van der Waals surface area contributed by atoms with Crippen molar-refractivity contribution >= 4 is 27.9 Å². The van der Waals surface area contributed by atoms with Gasteiger partial charge in [0, 0.05) is 24.4 Å². The van der Waals surface area contributed by atoms with E-state index in [9.17, 15) is 4.79 Å². The number of aromatic nitrogens is 2. The summed E-state index contributed by atoms with van der Waals surface area (Å²) in [5.74, 6) is 0.363. The van der Waals surface area contributed by atoms with E-state index in [-0.39, 0.29) is 11.9 Å². The highest BCUT2D eigenvalue weighted by molar-refractivity contribution is 7.18. The van der Waals surface area contributed by atoms with E-state index >= 15 is 0 Å². The zero-order valence-corrected chi connectivity index (χ0v) is 12.9. The van der Waals surface area contributed by atoms with Crippen LogP contribution < -0.4 is 16.4 Å². The van der Waals surface area contributed by atoms with E-state index < -0.39 is 0 Å². The lowest BCUT2D eigenvalue weighted by Crippen LogP contribution is -2.17. The molecule has 112 valence electrons. The summed E-state index contributed by atoms with van der Waals surface area (Å²) in [6, 6.07) is 0.108. The van der Waals surface area contributed by atoms with Crippen LogP contribution in [0.5, 0.6) is 0 Å². The van der Waals surface area contributed by atoms with Crippen molar-refractivity contribution in [2.24, 2.45) is 0 Å². The summed E-state index contributed by atoms with van der Waals surface area (Å²) in [6.45, 7) is 2.07. The third-order valence-electron chi connectivity index (χ3n) is 3.77. The normalized spacial score (nSPS) is 15.7. The second kappa shape index (κ2) is 5.40. The molecule has 1 fully saturated rings. The van der Waals surface area contributed by atoms with Crippen LogP contribution in [0.15, 0.2) is 12.4 Å². The lowest BCUT2D eigenvalue weighted by atomic mass is 10.1. The van der Waals surface area contributed by atoms with Crippen molar-refractivity contribution < 1.29 is 4.79 Å². The van der Waals surface area contributed by atoms with Crippen LogP contribution >= 0.6 is 11.3 Å². The molecule has 7 heteroatoms. The van der Waals surface area contributed by atoms with Gasteiger partial charge in [-0.2, -0.15) is 5.10 Å². The lowest BCUT2D eigenvalue weighted by Gasteiger charge is -2.13. The van der Waals surface area contributed by atoms with Gasteiger partial charge in [0.2, 0.25) is 0 Å². The average molecular weight is 305 g/mol. The molecule has 1 aliphatic carbocycles. The Morgan fingerprint density at radius 1 is 1.57 bits per heavy atom. The van der Waals surface area contributed by atoms with Gasteiger partial charge in [0.25, 0.3) is 5.91 Å². The number of carbonyl (C=O) groups excluding carboxylic acids is 1. The van der Waals surface area contributed by atoms with Crippen molar-refractivity contribution in [1.82, 2.24) is 15.5 Å². The molecule has 2 aromatic heterocycles. The van der Waals surface area contributed by atoms with Gasteiger partial charge in [-0.25, -0.2) is 0 Å². The molecule has 0 spiro atoms. The van der Waals surface area contributed by atoms with E-state index in [0.717, 1.165) is 29.0 Å². The maximum Gasteiger partial charge on any atom is 0.263 e. The first-order valence-corrected chi connectivity index (χ1v) is 7.83. The fraction of sp³-hybridized carbons (Fsp3) is 0.429. The Bertz CT molecular complexity index is 645. The highest BCUT2D eigenvalue weighted by atomic mass is 32.1. The first-order valence-electron chi connectivity index (χ1n) is 7.01. The Balaban J connectivity index is 1.92. The van der Waals surface area contributed by atoms with Gasteiger partial charge in [-0.15, -0.1) is 11.3 Å². The van der Waals surface area contributed by atoms with E-state index in [1.54, 1.807) is 13.2 Å². The predicted octanol–water partition coefficient (Wildman–Crippen LogP) is 2.46. The SMILES string of the molecule is CNC(=O)c1sc(NC(C)c2cn[nH]c2)c(C2CC2)c1N. The monoisotopic (exact) mass is 305 g/mol. The molecule has 0 aromatic carbocycles. The summed E-state index contributed by atoms with van der Waals surface area (Å²) >= 11 is 1.43. The largest absolute Gasteiger partial charge is 0.397 e. The number of nitrogens with one attached hydrogen (secondary N) is 3. The minimum absolute atomic E-state index is 0.108. The molecule has 0 aliphatic heterocycles. The van der Waals surface area contributed by atoms with E-state index in [2.05, 4.69) is 27.8 Å². The molecular weight excluding hydrogens is 286 g/mol. The molecule has 0 saturated heterocycles. The van der Waals surface area contributed by atoms with Crippen LogP contribution in [0.4, 0.5) is 10.7 Å². The Morgan fingerprint density at radius 3 is 2.90 bits per heavy atom. The van der Waals surface area contributed by atoms with Crippen molar-refractivity contribution in [2.75, 3.05) is 18.1 Å². The van der Waals surface area contributed by atoms with Crippen molar-refractivity contribution in [3.05, 3.63) is 28.4 Å². The first-order chi connectivity index (χ1) is 10.1. The Labute approximate surface area is 127 Å². The van der Waals surface area contributed by atoms with Gasteiger partial charge < -0.3 is 16.4 Å². The molecule has 0 bridgehead atoms. The number of H-pyrrole nitrogens is 1. The van der Waals surface area contributed by atoms with Crippen LogP contribution in [-0.2, 0) is 0 Å². The van der Waals surface area contributed by atoms with E-state index in [1.807, 2.05) is 6.20 Å². The number of amides is 1. The third kappa shape index (κ3) is 2.61. The van der Waals surface area contributed by atoms with Gasteiger partial charge in [-0.3, -0.25) is 9.89 Å². The highest BCUT2D eigenvalue weighted by Crippen LogP contribution is 2.51. The maximum atomic E-state index is 11.9. The van der Waals surface area contributed by atoms with Crippen LogP contribution in [0.1, 0.15) is 52.5 Å². The second-order valence-corrected chi connectivity index (χ2v) is 6.36. The minimum atomic E-state index is -0.122. The van der Waals surface area contributed by atoms with Crippen molar-refractivity contribution in [2.45, 2.75) is 31.7 Å². The van der Waals surface area contributed by atoms with Crippen LogP contribution in [0.3, 0.4) is 0 Å². The van der Waals surface area contributed by atoms with E-state index in [1.165, 1.54) is 11.3 Å². The summed E-state index contributed by atoms with van der Waals surface area (Å²) < 4.78 is 0. The number of nitrogens with zero attached hydrogens (tertiary/aromatic N) is 1. The number of nitrogen functional groups attached to an aromatic ring is 1. The third-order valence-corrected chi connectivity index (χ3v) is 4.92. The topological polar surface area (TPSA) is 95.8 Å². The van der Waals surface area contributed by atoms with E-state index in [0.29, 0.717) is 16.5 Å². The van der Waals surface area contributed by atoms with Crippen molar-refractivity contribution in [3.8, 4) is 0 Å². The van der Waals surface area contributed by atoms with Crippen molar-refractivity contribution in [1.29, 1.82) is 0 Å². The Kier molecular flexibility index (Phi) is 3.59. The molecule has 2 heterocycles.